The summed E-state index contributed by atoms with van der Waals surface area (Å²) in [6.45, 7) is 4.41. The molecule has 0 aliphatic carbocycles. The minimum absolute atomic E-state index is 0.262. The van der Waals surface area contributed by atoms with E-state index in [1.54, 1.807) is 6.07 Å². The van der Waals surface area contributed by atoms with Gasteiger partial charge in [0.25, 0.3) is 0 Å². The number of likely N-dealkylation sites (N-methyl/N-ethyl adjacent to an activating group) is 1. The van der Waals surface area contributed by atoms with Crippen molar-refractivity contribution in [1.29, 1.82) is 0 Å². The first-order valence-corrected chi connectivity index (χ1v) is 7.15. The molecule has 0 saturated heterocycles. The highest BCUT2D eigenvalue weighted by Gasteiger charge is 2.11. The highest BCUT2D eigenvalue weighted by Crippen LogP contribution is 2.22. The fourth-order valence-electron chi connectivity index (χ4n) is 2.42. The molecule has 0 saturated carbocycles. The second-order valence-electron chi connectivity index (χ2n) is 5.54. The lowest BCUT2D eigenvalue weighted by atomic mass is 9.95. The Morgan fingerprint density at radius 2 is 1.65 bits per heavy atom. The van der Waals surface area contributed by atoms with E-state index in [0.717, 1.165) is 12.0 Å². The Kier molecular flexibility index (Phi) is 4.80. The van der Waals surface area contributed by atoms with Crippen LogP contribution in [0, 0.1) is 0 Å². The lowest BCUT2D eigenvalue weighted by Gasteiger charge is -2.18. The Morgan fingerprint density at radius 1 is 1.00 bits per heavy atom. The summed E-state index contributed by atoms with van der Waals surface area (Å²) in [6.07, 6.45) is 0.867. The first-order chi connectivity index (χ1) is 9.60. The van der Waals surface area contributed by atoms with Crippen LogP contribution in [0.15, 0.2) is 48.5 Å². The van der Waals surface area contributed by atoms with Gasteiger partial charge < -0.3 is 10.4 Å². The Balaban J connectivity index is 2.15. The van der Waals surface area contributed by atoms with Gasteiger partial charge in [-0.05, 0) is 48.2 Å². The Labute approximate surface area is 121 Å². The van der Waals surface area contributed by atoms with Crippen LogP contribution in [0.2, 0.25) is 0 Å². The van der Waals surface area contributed by atoms with Gasteiger partial charge in [-0.25, -0.2) is 0 Å². The molecule has 0 aliphatic heterocycles. The maximum Gasteiger partial charge on any atom is 0.115 e. The zero-order valence-corrected chi connectivity index (χ0v) is 12.4. The van der Waals surface area contributed by atoms with Gasteiger partial charge in [-0.15, -0.1) is 0 Å². The first-order valence-electron chi connectivity index (χ1n) is 7.15. The summed E-state index contributed by atoms with van der Waals surface area (Å²) < 4.78 is 0. The van der Waals surface area contributed by atoms with E-state index in [1.165, 1.54) is 11.1 Å². The van der Waals surface area contributed by atoms with Crippen LogP contribution in [0.4, 0.5) is 0 Å². The number of hydrogen-bond donors (Lipinski definition) is 2. The molecule has 1 atom stereocenters. The van der Waals surface area contributed by atoms with E-state index in [1.807, 2.05) is 25.2 Å². The quantitative estimate of drug-likeness (QED) is 0.859. The minimum atomic E-state index is 0.262. The topological polar surface area (TPSA) is 32.3 Å². The smallest absolute Gasteiger partial charge is 0.115 e. The molecule has 2 nitrogen and oxygen atoms in total. The molecule has 0 amide bonds. The molecule has 2 rings (SSSR count). The van der Waals surface area contributed by atoms with Crippen molar-refractivity contribution in [2.24, 2.45) is 0 Å². The molecular weight excluding hydrogens is 246 g/mol. The van der Waals surface area contributed by atoms with E-state index in [2.05, 4.69) is 43.4 Å². The van der Waals surface area contributed by atoms with E-state index < -0.39 is 0 Å². The van der Waals surface area contributed by atoms with Gasteiger partial charge in [0.1, 0.15) is 5.75 Å². The molecule has 0 radical (unpaired) electrons. The van der Waals surface area contributed by atoms with Crippen LogP contribution in [0.3, 0.4) is 0 Å². The SMILES string of the molecule is CNC(Cc1cccc(O)c1)c1ccc(C(C)C)cc1. The van der Waals surface area contributed by atoms with E-state index >= 15 is 0 Å². The highest BCUT2D eigenvalue weighted by molar-refractivity contribution is 5.31. The molecular formula is C18H23NO. The number of aromatic hydroxyl groups is 1. The van der Waals surface area contributed by atoms with Crippen molar-refractivity contribution in [3.63, 3.8) is 0 Å². The van der Waals surface area contributed by atoms with Crippen LogP contribution in [0.25, 0.3) is 0 Å². The van der Waals surface area contributed by atoms with Crippen LogP contribution in [-0.4, -0.2) is 12.2 Å². The normalized spacial score (nSPS) is 12.6. The second kappa shape index (κ2) is 6.58. The molecule has 0 spiro atoms. The van der Waals surface area contributed by atoms with Gasteiger partial charge in [0.15, 0.2) is 0 Å². The third-order valence-corrected chi connectivity index (χ3v) is 3.70. The Bertz CT molecular complexity index is 546. The van der Waals surface area contributed by atoms with Crippen molar-refractivity contribution < 1.29 is 5.11 Å². The lowest BCUT2D eigenvalue weighted by Crippen LogP contribution is -2.18. The number of benzene rings is 2. The zero-order chi connectivity index (χ0) is 14.5. The van der Waals surface area contributed by atoms with Gasteiger partial charge in [-0.3, -0.25) is 0 Å². The molecule has 0 bridgehead atoms. The minimum Gasteiger partial charge on any atom is -0.508 e. The van der Waals surface area contributed by atoms with Crippen molar-refractivity contribution in [2.75, 3.05) is 7.05 Å². The number of phenolic OH excluding ortho intramolecular Hbond substituents is 1. The van der Waals surface area contributed by atoms with Gasteiger partial charge in [0.2, 0.25) is 0 Å². The number of rotatable bonds is 5. The van der Waals surface area contributed by atoms with Gasteiger partial charge in [-0.1, -0.05) is 50.2 Å². The molecule has 2 heteroatoms. The average molecular weight is 269 g/mol. The van der Waals surface area contributed by atoms with Crippen LogP contribution >= 0.6 is 0 Å². The molecule has 0 aliphatic rings. The summed E-state index contributed by atoms with van der Waals surface area (Å²) in [4.78, 5) is 0. The predicted molar refractivity (Wildman–Crippen MR) is 84.1 cm³/mol. The monoisotopic (exact) mass is 269 g/mol. The lowest BCUT2D eigenvalue weighted by molar-refractivity contribution is 0.473. The van der Waals surface area contributed by atoms with Gasteiger partial charge in [0.05, 0.1) is 0 Å². The van der Waals surface area contributed by atoms with Crippen molar-refractivity contribution >= 4 is 0 Å². The van der Waals surface area contributed by atoms with Crippen LogP contribution in [0.1, 0.15) is 42.5 Å². The van der Waals surface area contributed by atoms with Crippen LogP contribution in [-0.2, 0) is 6.42 Å². The number of phenols is 1. The number of hydrogen-bond acceptors (Lipinski definition) is 2. The second-order valence-corrected chi connectivity index (χ2v) is 5.54. The molecule has 106 valence electrons. The average Bonchev–Trinajstić information content (AvgIpc) is 2.45. The zero-order valence-electron chi connectivity index (χ0n) is 12.4. The largest absolute Gasteiger partial charge is 0.508 e. The fraction of sp³-hybridized carbons (Fsp3) is 0.333. The summed E-state index contributed by atoms with van der Waals surface area (Å²) in [6, 6.07) is 16.5. The van der Waals surface area contributed by atoms with E-state index in [4.69, 9.17) is 0 Å². The van der Waals surface area contributed by atoms with Crippen molar-refractivity contribution in [1.82, 2.24) is 5.32 Å². The third kappa shape index (κ3) is 3.61. The summed E-state index contributed by atoms with van der Waals surface area (Å²) in [5.41, 5.74) is 3.78. The summed E-state index contributed by atoms with van der Waals surface area (Å²) in [5, 5.41) is 12.9. The molecule has 0 aromatic heterocycles. The van der Waals surface area contributed by atoms with Crippen molar-refractivity contribution in [2.45, 2.75) is 32.2 Å². The van der Waals surface area contributed by atoms with E-state index in [0.29, 0.717) is 11.7 Å². The van der Waals surface area contributed by atoms with Crippen LogP contribution in [0.5, 0.6) is 5.75 Å². The fourth-order valence-corrected chi connectivity index (χ4v) is 2.42. The molecule has 2 aromatic carbocycles. The third-order valence-electron chi connectivity index (χ3n) is 3.70. The number of nitrogens with one attached hydrogen (secondary N) is 1. The van der Waals surface area contributed by atoms with E-state index in [-0.39, 0.29) is 6.04 Å². The Morgan fingerprint density at radius 3 is 2.20 bits per heavy atom. The summed E-state index contributed by atoms with van der Waals surface area (Å²) >= 11 is 0. The van der Waals surface area contributed by atoms with Gasteiger partial charge >= 0.3 is 0 Å². The van der Waals surface area contributed by atoms with E-state index in [9.17, 15) is 5.11 Å². The maximum absolute atomic E-state index is 9.55. The standard InChI is InChI=1S/C18H23NO/c1-13(2)15-7-9-16(10-8-15)18(19-3)12-14-5-4-6-17(20)11-14/h4-11,13,18-20H,12H2,1-3H3. The molecule has 0 heterocycles. The van der Waals surface area contributed by atoms with Gasteiger partial charge in [-0.2, -0.15) is 0 Å². The Hall–Kier alpha value is -1.80. The van der Waals surface area contributed by atoms with Gasteiger partial charge in [0, 0.05) is 6.04 Å². The molecule has 0 fully saturated rings. The maximum atomic E-state index is 9.55. The van der Waals surface area contributed by atoms with Crippen molar-refractivity contribution in [3.8, 4) is 5.75 Å². The predicted octanol–water partition coefficient (Wildman–Crippen LogP) is 4.02. The van der Waals surface area contributed by atoms with Crippen LogP contribution < -0.4 is 5.32 Å². The molecule has 2 N–H and O–H groups in total. The van der Waals surface area contributed by atoms with Crippen molar-refractivity contribution in [3.05, 3.63) is 65.2 Å². The molecule has 1 unspecified atom stereocenters. The summed E-state index contributed by atoms with van der Waals surface area (Å²) in [7, 11) is 1.98. The molecule has 2 aromatic rings. The first kappa shape index (κ1) is 14.6. The summed E-state index contributed by atoms with van der Waals surface area (Å²) in [5.74, 6) is 0.885. The highest BCUT2D eigenvalue weighted by atomic mass is 16.3. The molecule has 20 heavy (non-hydrogen) atoms.